The largest absolute Gasteiger partial charge is 0.481 e. The fourth-order valence-corrected chi connectivity index (χ4v) is 3.64. The number of urea groups is 1. The molecule has 1 saturated heterocycles. The third-order valence-corrected chi connectivity index (χ3v) is 5.44. The number of hydrogen-bond acceptors (Lipinski definition) is 3. The van der Waals surface area contributed by atoms with Gasteiger partial charge in [0.1, 0.15) is 18.2 Å². The minimum atomic E-state index is -0.262. The molecule has 0 bridgehead atoms. The van der Waals surface area contributed by atoms with Crippen LogP contribution in [0.25, 0.3) is 0 Å². The molecule has 0 radical (unpaired) electrons. The van der Waals surface area contributed by atoms with Gasteiger partial charge in [-0.2, -0.15) is 0 Å². The van der Waals surface area contributed by atoms with Gasteiger partial charge in [-0.1, -0.05) is 30.2 Å². The lowest BCUT2D eigenvalue weighted by Crippen LogP contribution is -2.47. The zero-order valence-electron chi connectivity index (χ0n) is 17.0. The zero-order valence-corrected chi connectivity index (χ0v) is 17.0. The summed E-state index contributed by atoms with van der Waals surface area (Å²) < 4.78 is 24.2. The number of terminal acetylenes is 1. The van der Waals surface area contributed by atoms with Crippen molar-refractivity contribution in [3.05, 3.63) is 65.5 Å². The van der Waals surface area contributed by atoms with Gasteiger partial charge in [-0.15, -0.1) is 6.42 Å². The van der Waals surface area contributed by atoms with E-state index in [0.717, 1.165) is 29.7 Å². The lowest BCUT2D eigenvalue weighted by atomic mass is 9.74. The Morgan fingerprint density at radius 1 is 1.10 bits per heavy atom. The Bertz CT molecular complexity index is 854. The summed E-state index contributed by atoms with van der Waals surface area (Å²) >= 11 is 0. The molecule has 0 atom stereocenters. The maximum Gasteiger partial charge on any atom is 0.314 e. The number of hydrogen-bond donors (Lipinski definition) is 2. The minimum Gasteiger partial charge on any atom is -0.481 e. The van der Waals surface area contributed by atoms with Crippen LogP contribution >= 0.6 is 0 Å². The number of halogens is 1. The van der Waals surface area contributed by atoms with Crippen molar-refractivity contribution in [2.24, 2.45) is 0 Å². The molecule has 0 aliphatic carbocycles. The fourth-order valence-electron chi connectivity index (χ4n) is 3.64. The number of rotatable bonds is 8. The lowest BCUT2D eigenvalue weighted by molar-refractivity contribution is 0.0506. The predicted octanol–water partition coefficient (Wildman–Crippen LogP) is 3.43. The quantitative estimate of drug-likeness (QED) is 0.656. The van der Waals surface area contributed by atoms with Crippen LogP contribution < -0.4 is 15.4 Å². The Kier molecular flexibility index (Phi) is 7.69. The molecular weight excluding hydrogens is 383 g/mol. The molecule has 0 unspecified atom stereocenters. The van der Waals surface area contributed by atoms with Crippen LogP contribution in [-0.4, -0.2) is 38.9 Å². The van der Waals surface area contributed by atoms with Crippen LogP contribution in [0, 0.1) is 18.2 Å². The molecular formula is C24H27FN2O3. The molecule has 3 rings (SSSR count). The maximum absolute atomic E-state index is 13.3. The summed E-state index contributed by atoms with van der Waals surface area (Å²) in [6.07, 6.45) is 7.45. The summed E-state index contributed by atoms with van der Waals surface area (Å²) in [5, 5.41) is 5.89. The Morgan fingerprint density at radius 3 is 2.47 bits per heavy atom. The molecule has 1 fully saturated rings. The van der Waals surface area contributed by atoms with E-state index in [0.29, 0.717) is 32.7 Å². The summed E-state index contributed by atoms with van der Waals surface area (Å²) in [5.41, 5.74) is 1.88. The third-order valence-electron chi connectivity index (χ3n) is 5.44. The molecule has 2 N–H and O–H groups in total. The van der Waals surface area contributed by atoms with Crippen molar-refractivity contribution in [2.75, 3.05) is 32.9 Å². The van der Waals surface area contributed by atoms with Gasteiger partial charge in [-0.3, -0.25) is 0 Å². The summed E-state index contributed by atoms with van der Waals surface area (Å²) in [7, 11) is 0. The van der Waals surface area contributed by atoms with E-state index in [1.54, 1.807) is 12.1 Å². The van der Waals surface area contributed by atoms with Crippen LogP contribution in [0.4, 0.5) is 9.18 Å². The molecule has 0 spiro atoms. The monoisotopic (exact) mass is 410 g/mol. The molecule has 158 valence electrons. The van der Waals surface area contributed by atoms with Gasteiger partial charge in [0, 0.05) is 31.7 Å². The van der Waals surface area contributed by atoms with Crippen molar-refractivity contribution in [3.63, 3.8) is 0 Å². The van der Waals surface area contributed by atoms with Crippen LogP contribution in [0.1, 0.15) is 24.0 Å². The second-order valence-corrected chi connectivity index (χ2v) is 7.40. The topological polar surface area (TPSA) is 59.6 Å². The van der Waals surface area contributed by atoms with Gasteiger partial charge < -0.3 is 20.1 Å². The Labute approximate surface area is 177 Å². The zero-order chi connectivity index (χ0) is 21.2. The predicted molar refractivity (Wildman–Crippen MR) is 114 cm³/mol. The number of nitrogens with one attached hydrogen (secondary N) is 2. The molecule has 0 aromatic heterocycles. The minimum absolute atomic E-state index is 0.211. The first-order valence-electron chi connectivity index (χ1n) is 10.1. The van der Waals surface area contributed by atoms with Crippen LogP contribution in [0.5, 0.6) is 5.75 Å². The third kappa shape index (κ3) is 5.98. The van der Waals surface area contributed by atoms with Gasteiger partial charge in [-0.05, 0) is 54.7 Å². The molecule has 2 aromatic carbocycles. The highest BCUT2D eigenvalue weighted by atomic mass is 19.1. The van der Waals surface area contributed by atoms with E-state index in [2.05, 4.69) is 16.6 Å². The second kappa shape index (κ2) is 10.7. The van der Waals surface area contributed by atoms with Gasteiger partial charge in [0.05, 0.1) is 0 Å². The number of ether oxygens (including phenoxy) is 2. The molecule has 2 aromatic rings. The van der Waals surface area contributed by atoms with Gasteiger partial charge in [0.15, 0.2) is 0 Å². The Balaban J connectivity index is 1.47. The number of carbonyl (C=O) groups is 1. The lowest BCUT2D eigenvalue weighted by Gasteiger charge is -2.38. The molecule has 1 heterocycles. The van der Waals surface area contributed by atoms with E-state index >= 15 is 0 Å². The smallest absolute Gasteiger partial charge is 0.314 e. The molecule has 2 amide bonds. The van der Waals surface area contributed by atoms with Crippen molar-refractivity contribution in [1.82, 2.24) is 10.6 Å². The van der Waals surface area contributed by atoms with E-state index in [4.69, 9.17) is 15.9 Å². The van der Waals surface area contributed by atoms with Crippen LogP contribution in [-0.2, 0) is 16.6 Å². The number of benzene rings is 2. The fraction of sp³-hybridized carbons (Fsp3) is 0.375. The van der Waals surface area contributed by atoms with Gasteiger partial charge in [0.2, 0.25) is 0 Å². The Hall–Kier alpha value is -3.04. The van der Waals surface area contributed by atoms with Crippen molar-refractivity contribution in [3.8, 4) is 18.1 Å². The summed E-state index contributed by atoms with van der Waals surface area (Å²) in [5.74, 6) is 2.89. The highest BCUT2D eigenvalue weighted by Crippen LogP contribution is 2.34. The first kappa shape index (κ1) is 21.7. The van der Waals surface area contributed by atoms with Crippen LogP contribution in [0.3, 0.4) is 0 Å². The van der Waals surface area contributed by atoms with E-state index in [1.807, 2.05) is 24.3 Å². The first-order chi connectivity index (χ1) is 14.6. The summed E-state index contributed by atoms with van der Waals surface area (Å²) in [6, 6.07) is 14.0. The highest BCUT2D eigenvalue weighted by Gasteiger charge is 2.34. The van der Waals surface area contributed by atoms with Gasteiger partial charge in [-0.25, -0.2) is 9.18 Å². The molecule has 6 heteroatoms. The average Bonchev–Trinajstić information content (AvgIpc) is 2.78. The standard InChI is InChI=1S/C24H27FN2O3/c1-2-15-30-22-9-3-19(4-10-22)11-14-26-23(28)27-18-24(12-16-29-17-13-24)20-5-7-21(25)8-6-20/h1,3-10H,11-18H2,(H2,26,27,28). The van der Waals surface area contributed by atoms with Gasteiger partial charge >= 0.3 is 6.03 Å². The second-order valence-electron chi connectivity index (χ2n) is 7.40. The van der Waals surface area contributed by atoms with Crippen LogP contribution in [0.2, 0.25) is 0 Å². The van der Waals surface area contributed by atoms with Crippen LogP contribution in [0.15, 0.2) is 48.5 Å². The van der Waals surface area contributed by atoms with Crippen molar-refractivity contribution < 1.29 is 18.7 Å². The summed E-state index contributed by atoms with van der Waals surface area (Å²) in [6.45, 7) is 2.49. The molecule has 5 nitrogen and oxygen atoms in total. The normalized spacial score (nSPS) is 15.1. The molecule has 30 heavy (non-hydrogen) atoms. The van der Waals surface area contributed by atoms with E-state index in [9.17, 15) is 9.18 Å². The molecule has 1 aliphatic rings. The van der Waals surface area contributed by atoms with Gasteiger partial charge in [0.25, 0.3) is 0 Å². The van der Waals surface area contributed by atoms with E-state index in [-0.39, 0.29) is 23.9 Å². The van der Waals surface area contributed by atoms with Crippen molar-refractivity contribution in [2.45, 2.75) is 24.7 Å². The SMILES string of the molecule is C#CCOc1ccc(CCNC(=O)NCC2(c3ccc(F)cc3)CCOCC2)cc1. The molecule has 1 aliphatic heterocycles. The summed E-state index contributed by atoms with van der Waals surface area (Å²) in [4.78, 5) is 12.3. The van der Waals surface area contributed by atoms with E-state index < -0.39 is 0 Å². The van der Waals surface area contributed by atoms with Crippen molar-refractivity contribution >= 4 is 6.03 Å². The first-order valence-corrected chi connectivity index (χ1v) is 10.1. The number of amides is 2. The average molecular weight is 410 g/mol. The van der Waals surface area contributed by atoms with E-state index in [1.165, 1.54) is 12.1 Å². The maximum atomic E-state index is 13.3. The molecule has 0 saturated carbocycles. The Morgan fingerprint density at radius 2 is 1.80 bits per heavy atom. The number of carbonyl (C=O) groups excluding carboxylic acids is 1. The van der Waals surface area contributed by atoms with Crippen molar-refractivity contribution in [1.29, 1.82) is 0 Å². The highest BCUT2D eigenvalue weighted by molar-refractivity contribution is 5.74.